The van der Waals surface area contributed by atoms with Gasteiger partial charge in [0.15, 0.2) is 0 Å². The maximum Gasteiger partial charge on any atom is 0.337 e. The molecule has 76 valence electrons. The first-order valence-electron chi connectivity index (χ1n) is 4.64. The Labute approximate surface area is 83.4 Å². The molecule has 0 aromatic heterocycles. The Morgan fingerprint density at radius 1 is 1.36 bits per heavy atom. The lowest BCUT2D eigenvalue weighted by Crippen LogP contribution is -2.28. The summed E-state index contributed by atoms with van der Waals surface area (Å²) in [4.78, 5) is 11.6. The third kappa shape index (κ3) is 0.932. The summed E-state index contributed by atoms with van der Waals surface area (Å²) in [5.41, 5.74) is 0.587. The van der Waals surface area contributed by atoms with Crippen molar-refractivity contribution >= 4 is 5.97 Å². The van der Waals surface area contributed by atoms with Crippen molar-refractivity contribution in [1.29, 1.82) is 0 Å². The van der Waals surface area contributed by atoms with Crippen LogP contribution in [0, 0.1) is 0 Å². The zero-order chi connectivity index (χ0) is 10.6. The second kappa shape index (κ2) is 2.48. The van der Waals surface area contributed by atoms with Gasteiger partial charge in [-0.1, -0.05) is 0 Å². The fraction of sp³-hybridized carbons (Fsp3) is 0.545. The Bertz CT molecular complexity index is 367. The lowest BCUT2D eigenvalue weighted by molar-refractivity contribution is -0.138. The number of fused-ring (bicyclic) bond motifs is 2. The van der Waals surface area contributed by atoms with Crippen LogP contribution in [-0.4, -0.2) is 24.3 Å². The molecule has 0 spiro atoms. The first kappa shape index (κ1) is 9.46. The molecule has 2 heterocycles. The molecular formula is C11H14O3. The second-order valence-electron chi connectivity index (χ2n) is 4.14. The second-order valence-corrected chi connectivity index (χ2v) is 4.14. The number of rotatable bonds is 1. The maximum absolute atomic E-state index is 11.6. The van der Waals surface area contributed by atoms with Crippen molar-refractivity contribution in [3.63, 3.8) is 0 Å². The Hall–Kier alpha value is -1.09. The van der Waals surface area contributed by atoms with E-state index in [1.807, 2.05) is 32.9 Å². The van der Waals surface area contributed by atoms with E-state index >= 15 is 0 Å². The molecule has 0 amide bonds. The molecular weight excluding hydrogens is 180 g/mol. The minimum absolute atomic E-state index is 0.293. The van der Waals surface area contributed by atoms with E-state index in [1.165, 1.54) is 7.11 Å². The predicted molar refractivity (Wildman–Crippen MR) is 51.8 cm³/mol. The van der Waals surface area contributed by atoms with Crippen LogP contribution in [0.5, 0.6) is 0 Å². The van der Waals surface area contributed by atoms with Crippen LogP contribution >= 0.6 is 0 Å². The van der Waals surface area contributed by atoms with Gasteiger partial charge in [0, 0.05) is 0 Å². The van der Waals surface area contributed by atoms with E-state index in [2.05, 4.69) is 0 Å². The van der Waals surface area contributed by atoms with Crippen molar-refractivity contribution < 1.29 is 14.3 Å². The summed E-state index contributed by atoms with van der Waals surface area (Å²) in [5.74, 6) is -0.293. The van der Waals surface area contributed by atoms with Gasteiger partial charge in [-0.05, 0) is 38.5 Å². The smallest absolute Gasteiger partial charge is 0.337 e. The zero-order valence-electron chi connectivity index (χ0n) is 8.88. The number of methoxy groups -OCH3 is 1. The third-order valence-corrected chi connectivity index (χ3v) is 3.15. The van der Waals surface area contributed by atoms with Gasteiger partial charge < -0.3 is 9.47 Å². The van der Waals surface area contributed by atoms with Gasteiger partial charge >= 0.3 is 5.97 Å². The van der Waals surface area contributed by atoms with Crippen molar-refractivity contribution in [1.82, 2.24) is 0 Å². The van der Waals surface area contributed by atoms with E-state index in [1.54, 1.807) is 0 Å². The van der Waals surface area contributed by atoms with E-state index in [9.17, 15) is 4.79 Å². The van der Waals surface area contributed by atoms with E-state index in [0.29, 0.717) is 5.57 Å². The molecule has 0 fully saturated rings. The highest BCUT2D eigenvalue weighted by atomic mass is 16.5. The van der Waals surface area contributed by atoms with Crippen molar-refractivity contribution in [2.24, 2.45) is 0 Å². The fourth-order valence-electron chi connectivity index (χ4n) is 2.24. The van der Waals surface area contributed by atoms with Crippen LogP contribution < -0.4 is 0 Å². The van der Waals surface area contributed by atoms with Crippen molar-refractivity contribution in [2.45, 2.75) is 32.0 Å². The quantitative estimate of drug-likeness (QED) is 0.469. The average molecular weight is 194 g/mol. The standard InChI is InChI=1S/C11H14O3/c1-7-8(9(12)13-4)11(3)6-5-10(7,2)14-11/h5-6H,1-4H3. The van der Waals surface area contributed by atoms with Crippen LogP contribution in [0.2, 0.25) is 0 Å². The van der Waals surface area contributed by atoms with Gasteiger partial charge in [-0.25, -0.2) is 4.79 Å². The van der Waals surface area contributed by atoms with Crippen LogP contribution in [0.15, 0.2) is 23.3 Å². The Morgan fingerprint density at radius 2 is 1.93 bits per heavy atom. The number of carbonyl (C=O) groups is 1. The normalized spacial score (nSPS) is 39.4. The zero-order valence-corrected chi connectivity index (χ0v) is 8.88. The predicted octanol–water partition coefficient (Wildman–Crippen LogP) is 1.59. The monoisotopic (exact) mass is 194 g/mol. The highest BCUT2D eigenvalue weighted by Crippen LogP contribution is 2.49. The van der Waals surface area contributed by atoms with E-state index < -0.39 is 11.2 Å². The fourth-order valence-corrected chi connectivity index (χ4v) is 2.24. The first-order chi connectivity index (χ1) is 6.43. The number of hydrogen-bond donors (Lipinski definition) is 0. The average Bonchev–Trinajstić information content (AvgIpc) is 2.52. The van der Waals surface area contributed by atoms with Crippen LogP contribution in [-0.2, 0) is 14.3 Å². The Morgan fingerprint density at radius 3 is 2.36 bits per heavy atom. The molecule has 3 nitrogen and oxygen atoms in total. The van der Waals surface area contributed by atoms with Gasteiger partial charge in [-0.15, -0.1) is 0 Å². The SMILES string of the molecule is COC(=O)C1=C(C)C2(C)C=CC1(C)O2. The summed E-state index contributed by atoms with van der Waals surface area (Å²) in [6.07, 6.45) is 3.92. The molecule has 0 saturated heterocycles. The molecule has 2 aliphatic heterocycles. The van der Waals surface area contributed by atoms with Crippen molar-refractivity contribution in [3.8, 4) is 0 Å². The van der Waals surface area contributed by atoms with Gasteiger partial charge in [0.2, 0.25) is 0 Å². The number of carbonyl (C=O) groups excluding carboxylic acids is 1. The largest absolute Gasteiger partial charge is 0.466 e. The topological polar surface area (TPSA) is 35.5 Å². The third-order valence-electron chi connectivity index (χ3n) is 3.15. The number of esters is 1. The summed E-state index contributed by atoms with van der Waals surface area (Å²) in [5, 5.41) is 0. The van der Waals surface area contributed by atoms with Crippen LogP contribution in [0.3, 0.4) is 0 Å². The van der Waals surface area contributed by atoms with Crippen molar-refractivity contribution in [2.75, 3.05) is 7.11 Å². The summed E-state index contributed by atoms with van der Waals surface area (Å²) in [6.45, 7) is 5.76. The molecule has 0 radical (unpaired) electrons. The number of ether oxygens (including phenoxy) is 2. The molecule has 0 N–H and O–H groups in total. The van der Waals surface area contributed by atoms with Crippen LogP contribution in [0.1, 0.15) is 20.8 Å². The lowest BCUT2D eigenvalue weighted by Gasteiger charge is -2.20. The maximum atomic E-state index is 11.6. The lowest BCUT2D eigenvalue weighted by atomic mass is 9.84. The molecule has 0 aliphatic carbocycles. The number of hydrogen-bond acceptors (Lipinski definition) is 3. The van der Waals surface area contributed by atoms with E-state index in [0.717, 1.165) is 5.57 Å². The van der Waals surface area contributed by atoms with Crippen molar-refractivity contribution in [3.05, 3.63) is 23.3 Å². The molecule has 14 heavy (non-hydrogen) atoms. The molecule has 2 aliphatic rings. The molecule has 2 rings (SSSR count). The van der Waals surface area contributed by atoms with Gasteiger partial charge in [-0.2, -0.15) is 0 Å². The summed E-state index contributed by atoms with van der Waals surface area (Å²) in [7, 11) is 1.39. The minimum atomic E-state index is -0.591. The highest BCUT2D eigenvalue weighted by Gasteiger charge is 2.53. The molecule has 0 aromatic rings. The van der Waals surface area contributed by atoms with E-state index in [4.69, 9.17) is 9.47 Å². The van der Waals surface area contributed by atoms with Gasteiger partial charge in [-0.3, -0.25) is 0 Å². The molecule has 0 aromatic carbocycles. The molecule has 0 saturated carbocycles. The molecule has 3 heteroatoms. The van der Waals surface area contributed by atoms with Crippen LogP contribution in [0.25, 0.3) is 0 Å². The Balaban J connectivity index is 2.52. The first-order valence-corrected chi connectivity index (χ1v) is 4.64. The minimum Gasteiger partial charge on any atom is -0.466 e. The Kier molecular flexibility index (Phi) is 1.68. The van der Waals surface area contributed by atoms with Crippen LogP contribution in [0.4, 0.5) is 0 Å². The molecule has 2 unspecified atom stereocenters. The molecule has 2 bridgehead atoms. The molecule has 2 atom stereocenters. The summed E-state index contributed by atoms with van der Waals surface area (Å²) in [6, 6.07) is 0. The van der Waals surface area contributed by atoms with E-state index in [-0.39, 0.29) is 5.97 Å². The highest BCUT2D eigenvalue weighted by molar-refractivity contribution is 5.94. The van der Waals surface area contributed by atoms with Gasteiger partial charge in [0.25, 0.3) is 0 Å². The van der Waals surface area contributed by atoms with Gasteiger partial charge in [0.05, 0.1) is 12.7 Å². The summed E-state index contributed by atoms with van der Waals surface area (Å²) >= 11 is 0. The summed E-state index contributed by atoms with van der Waals surface area (Å²) < 4.78 is 10.6. The van der Waals surface area contributed by atoms with Gasteiger partial charge in [0.1, 0.15) is 11.2 Å².